The van der Waals surface area contributed by atoms with Gasteiger partial charge in [-0.15, -0.1) is 0 Å². The molecule has 1 aliphatic carbocycles. The Morgan fingerprint density at radius 1 is 0.932 bits per heavy atom. The molecule has 2 amide bonds. The van der Waals surface area contributed by atoms with Crippen molar-refractivity contribution in [3.8, 4) is 11.5 Å². The SMILES string of the molecule is CC[C@@H](C(=O)NC1CCCCC1)N(Cc1ccccc1)C(=O)CN(c1ccc(F)cc1)S(=O)(=O)c1ccc2c(c1)OCCO2. The first kappa shape index (κ1) is 31.3. The smallest absolute Gasteiger partial charge is 0.264 e. The summed E-state index contributed by atoms with van der Waals surface area (Å²) in [6.07, 6.45) is 5.33. The van der Waals surface area contributed by atoms with Gasteiger partial charge in [0, 0.05) is 18.7 Å². The van der Waals surface area contributed by atoms with Crippen molar-refractivity contribution < 1.29 is 31.9 Å². The fraction of sp³-hybridized carbons (Fsp3) is 0.394. The van der Waals surface area contributed by atoms with E-state index in [2.05, 4.69) is 5.32 Å². The van der Waals surface area contributed by atoms with E-state index in [1.165, 1.54) is 35.2 Å². The van der Waals surface area contributed by atoms with Gasteiger partial charge >= 0.3 is 0 Å². The number of ether oxygens (including phenoxy) is 2. The summed E-state index contributed by atoms with van der Waals surface area (Å²) in [7, 11) is -4.35. The van der Waals surface area contributed by atoms with Crippen LogP contribution in [0.5, 0.6) is 11.5 Å². The van der Waals surface area contributed by atoms with Gasteiger partial charge in [0.05, 0.1) is 10.6 Å². The number of rotatable bonds is 11. The highest BCUT2D eigenvalue weighted by atomic mass is 32.2. The van der Waals surface area contributed by atoms with Crippen LogP contribution in [0, 0.1) is 5.82 Å². The van der Waals surface area contributed by atoms with E-state index in [1.807, 2.05) is 37.3 Å². The third-order valence-corrected chi connectivity index (χ3v) is 9.80. The Morgan fingerprint density at radius 2 is 1.61 bits per heavy atom. The first-order valence-electron chi connectivity index (χ1n) is 15.1. The molecule has 0 spiro atoms. The Labute approximate surface area is 258 Å². The summed E-state index contributed by atoms with van der Waals surface area (Å²) >= 11 is 0. The first-order valence-corrected chi connectivity index (χ1v) is 16.5. The lowest BCUT2D eigenvalue weighted by atomic mass is 9.95. The standard InChI is InChI=1S/C33H38FN3O6S/c1-2-29(33(39)35-26-11-7-4-8-12-26)36(22-24-9-5-3-6-10-24)32(38)23-37(27-15-13-25(34)14-16-27)44(40,41)28-17-18-30-31(21-28)43-20-19-42-30/h3,5-6,9-10,13-18,21,26,29H,2,4,7-8,11-12,19-20,22-23H2,1H3,(H,35,39)/t29-/m0/s1. The number of carbonyl (C=O) groups is 2. The van der Waals surface area contributed by atoms with Gasteiger partial charge in [0.25, 0.3) is 10.0 Å². The van der Waals surface area contributed by atoms with Crippen LogP contribution in [-0.4, -0.2) is 57.0 Å². The molecule has 0 radical (unpaired) electrons. The number of nitrogens with zero attached hydrogens (tertiary/aromatic N) is 2. The second-order valence-electron chi connectivity index (χ2n) is 11.1. The number of halogens is 1. The number of benzene rings is 3. The first-order chi connectivity index (χ1) is 21.3. The average molecular weight is 624 g/mol. The number of sulfonamides is 1. The summed E-state index contributed by atoms with van der Waals surface area (Å²) in [4.78, 5) is 29.2. The molecule has 0 bridgehead atoms. The number of nitrogens with one attached hydrogen (secondary N) is 1. The molecular formula is C33H38FN3O6S. The maximum Gasteiger partial charge on any atom is 0.264 e. The molecule has 44 heavy (non-hydrogen) atoms. The molecule has 9 nitrogen and oxygen atoms in total. The fourth-order valence-electron chi connectivity index (χ4n) is 5.69. The van der Waals surface area contributed by atoms with Crippen molar-refractivity contribution in [2.45, 2.75) is 69.0 Å². The molecule has 1 aliphatic heterocycles. The normalized spacial score (nSPS) is 15.7. The van der Waals surface area contributed by atoms with Crippen molar-refractivity contribution in [2.75, 3.05) is 24.1 Å². The monoisotopic (exact) mass is 623 g/mol. The second-order valence-corrected chi connectivity index (χ2v) is 12.9. The van der Waals surface area contributed by atoms with E-state index in [0.29, 0.717) is 18.8 Å². The lowest BCUT2D eigenvalue weighted by Crippen LogP contribution is -2.54. The zero-order valence-corrected chi connectivity index (χ0v) is 25.6. The predicted molar refractivity (Wildman–Crippen MR) is 164 cm³/mol. The zero-order valence-electron chi connectivity index (χ0n) is 24.8. The van der Waals surface area contributed by atoms with Crippen molar-refractivity contribution in [3.05, 3.63) is 84.2 Å². The lowest BCUT2D eigenvalue weighted by molar-refractivity contribution is -0.140. The molecule has 3 aromatic carbocycles. The number of amides is 2. The van der Waals surface area contributed by atoms with Crippen molar-refractivity contribution in [3.63, 3.8) is 0 Å². The largest absolute Gasteiger partial charge is 0.486 e. The van der Waals surface area contributed by atoms with Crippen molar-refractivity contribution in [1.29, 1.82) is 0 Å². The molecular weight excluding hydrogens is 585 g/mol. The van der Waals surface area contributed by atoms with Crippen LogP contribution in [-0.2, 0) is 26.2 Å². The van der Waals surface area contributed by atoms with Gasteiger partial charge < -0.3 is 19.7 Å². The zero-order chi connectivity index (χ0) is 31.1. The molecule has 1 N–H and O–H groups in total. The van der Waals surface area contributed by atoms with E-state index in [-0.39, 0.29) is 41.4 Å². The molecule has 2 aliphatic rings. The van der Waals surface area contributed by atoms with Crippen LogP contribution in [0.4, 0.5) is 10.1 Å². The number of fused-ring (bicyclic) bond motifs is 1. The molecule has 1 fully saturated rings. The Hall–Kier alpha value is -4.12. The van der Waals surface area contributed by atoms with Crippen LogP contribution in [0.15, 0.2) is 77.7 Å². The van der Waals surface area contributed by atoms with Crippen LogP contribution in [0.2, 0.25) is 0 Å². The average Bonchev–Trinajstić information content (AvgIpc) is 3.04. The molecule has 1 saturated carbocycles. The highest BCUT2D eigenvalue weighted by Crippen LogP contribution is 2.34. The topological polar surface area (TPSA) is 105 Å². The number of anilines is 1. The van der Waals surface area contributed by atoms with Gasteiger partial charge in [0.15, 0.2) is 11.5 Å². The van der Waals surface area contributed by atoms with Crippen LogP contribution < -0.4 is 19.1 Å². The molecule has 3 aromatic rings. The van der Waals surface area contributed by atoms with Crippen molar-refractivity contribution in [2.24, 2.45) is 0 Å². The maximum atomic E-state index is 14.2. The molecule has 234 valence electrons. The van der Waals surface area contributed by atoms with Crippen LogP contribution in [0.3, 0.4) is 0 Å². The summed E-state index contributed by atoms with van der Waals surface area (Å²) in [5.41, 5.74) is 0.904. The van der Waals surface area contributed by atoms with Gasteiger partial charge in [-0.25, -0.2) is 12.8 Å². The van der Waals surface area contributed by atoms with Crippen LogP contribution in [0.1, 0.15) is 51.0 Å². The second kappa shape index (κ2) is 14.1. The van der Waals surface area contributed by atoms with E-state index in [9.17, 15) is 22.4 Å². The number of hydrogen-bond donors (Lipinski definition) is 1. The highest BCUT2D eigenvalue weighted by Gasteiger charge is 2.35. The number of hydrogen-bond acceptors (Lipinski definition) is 6. The Kier molecular flexibility index (Phi) is 10.0. The van der Waals surface area contributed by atoms with E-state index in [0.717, 1.165) is 54.1 Å². The van der Waals surface area contributed by atoms with Crippen LogP contribution in [0.25, 0.3) is 0 Å². The van der Waals surface area contributed by atoms with Gasteiger partial charge in [0.1, 0.15) is 31.6 Å². The number of carbonyl (C=O) groups excluding carboxylic acids is 2. The fourth-order valence-corrected chi connectivity index (χ4v) is 7.12. The summed E-state index contributed by atoms with van der Waals surface area (Å²) < 4.78 is 54.3. The van der Waals surface area contributed by atoms with E-state index >= 15 is 0 Å². The van der Waals surface area contributed by atoms with Crippen LogP contribution >= 0.6 is 0 Å². The van der Waals surface area contributed by atoms with Gasteiger partial charge in [-0.1, -0.05) is 56.5 Å². The predicted octanol–water partition coefficient (Wildman–Crippen LogP) is 5.05. The van der Waals surface area contributed by atoms with Gasteiger partial charge in [0.2, 0.25) is 11.8 Å². The summed E-state index contributed by atoms with van der Waals surface area (Å²) in [5.74, 6) is -0.674. The molecule has 5 rings (SSSR count). The van der Waals surface area contributed by atoms with E-state index < -0.39 is 34.3 Å². The quantitative estimate of drug-likeness (QED) is 0.321. The minimum absolute atomic E-state index is 0.0466. The van der Waals surface area contributed by atoms with Gasteiger partial charge in [-0.3, -0.25) is 13.9 Å². The minimum Gasteiger partial charge on any atom is -0.486 e. The minimum atomic E-state index is -4.35. The summed E-state index contributed by atoms with van der Waals surface area (Å²) in [6.45, 7) is 1.95. The lowest BCUT2D eigenvalue weighted by Gasteiger charge is -2.34. The van der Waals surface area contributed by atoms with Crippen molar-refractivity contribution in [1.82, 2.24) is 10.2 Å². The van der Waals surface area contributed by atoms with Gasteiger partial charge in [-0.05, 0) is 61.2 Å². The molecule has 1 heterocycles. The highest BCUT2D eigenvalue weighted by molar-refractivity contribution is 7.92. The van der Waals surface area contributed by atoms with Crippen molar-refractivity contribution >= 4 is 27.5 Å². The molecule has 1 atom stereocenters. The maximum absolute atomic E-state index is 14.2. The third-order valence-electron chi connectivity index (χ3n) is 8.03. The van der Waals surface area contributed by atoms with Gasteiger partial charge in [-0.2, -0.15) is 0 Å². The Bertz CT molecular complexity index is 1550. The molecule has 0 saturated heterocycles. The Morgan fingerprint density at radius 3 is 2.30 bits per heavy atom. The third kappa shape index (κ3) is 7.32. The summed E-state index contributed by atoms with van der Waals surface area (Å²) in [5, 5.41) is 3.14. The van der Waals surface area contributed by atoms with E-state index in [4.69, 9.17) is 9.47 Å². The summed E-state index contributed by atoms with van der Waals surface area (Å²) in [6, 6.07) is 17.6. The Balaban J connectivity index is 1.48. The van der Waals surface area contributed by atoms with E-state index in [1.54, 1.807) is 0 Å². The molecule has 11 heteroatoms. The molecule has 0 aromatic heterocycles. The molecule has 0 unspecified atom stereocenters.